The predicted octanol–water partition coefficient (Wildman–Crippen LogP) is 7.31. The summed E-state index contributed by atoms with van der Waals surface area (Å²) >= 11 is 0. The van der Waals surface area contributed by atoms with Gasteiger partial charge < -0.3 is 9.88 Å². The minimum absolute atomic E-state index is 0.0370. The summed E-state index contributed by atoms with van der Waals surface area (Å²) in [5, 5.41) is 0. The van der Waals surface area contributed by atoms with Crippen molar-refractivity contribution in [1.82, 2.24) is 19.8 Å². The molecular formula is C34H38F2N4O. The summed E-state index contributed by atoms with van der Waals surface area (Å²) in [4.78, 5) is 26.5. The van der Waals surface area contributed by atoms with Gasteiger partial charge in [0, 0.05) is 31.1 Å². The zero-order chi connectivity index (χ0) is 28.8. The number of imidazole rings is 1. The number of amides is 1. The quantitative estimate of drug-likeness (QED) is 0.208. The molecule has 1 N–H and O–H groups in total. The van der Waals surface area contributed by atoms with E-state index in [1.807, 2.05) is 35.2 Å². The number of H-pyrrole nitrogens is 1. The Morgan fingerprint density at radius 2 is 1.71 bits per heavy atom. The van der Waals surface area contributed by atoms with Crippen molar-refractivity contribution in [1.29, 1.82) is 0 Å². The maximum atomic E-state index is 14.4. The summed E-state index contributed by atoms with van der Waals surface area (Å²) in [6.07, 6.45) is 7.00. The third kappa shape index (κ3) is 7.09. The number of carbonyl (C=O) groups is 1. The largest absolute Gasteiger partial charge is 0.340 e. The van der Waals surface area contributed by atoms with Crippen molar-refractivity contribution in [2.24, 2.45) is 5.92 Å². The lowest BCUT2D eigenvalue weighted by Gasteiger charge is -2.32. The molecule has 4 aromatic rings. The third-order valence-electron chi connectivity index (χ3n) is 7.71. The molecule has 1 aromatic heterocycles. The fourth-order valence-electron chi connectivity index (χ4n) is 5.63. The van der Waals surface area contributed by atoms with Crippen LogP contribution in [-0.2, 0) is 17.8 Å². The number of aromatic nitrogens is 2. The molecule has 1 amide bonds. The van der Waals surface area contributed by atoms with E-state index in [4.69, 9.17) is 4.98 Å². The van der Waals surface area contributed by atoms with E-state index < -0.39 is 11.6 Å². The highest BCUT2D eigenvalue weighted by molar-refractivity contribution is 5.92. The molecule has 1 fully saturated rings. The molecule has 0 aliphatic carbocycles. The Hall–Kier alpha value is -3.84. The van der Waals surface area contributed by atoms with Gasteiger partial charge in [0.1, 0.15) is 5.82 Å². The Balaban J connectivity index is 1.52. The summed E-state index contributed by atoms with van der Waals surface area (Å²) in [5.41, 5.74) is 4.21. The van der Waals surface area contributed by atoms with Crippen molar-refractivity contribution in [2.45, 2.75) is 52.1 Å². The van der Waals surface area contributed by atoms with E-state index in [2.05, 4.69) is 41.9 Å². The van der Waals surface area contributed by atoms with Crippen molar-refractivity contribution in [3.8, 4) is 0 Å². The average molecular weight is 557 g/mol. The van der Waals surface area contributed by atoms with Gasteiger partial charge in [-0.2, -0.15) is 0 Å². The van der Waals surface area contributed by atoms with E-state index in [9.17, 15) is 13.6 Å². The first-order chi connectivity index (χ1) is 19.9. The number of nitrogens with one attached hydrogen (secondary N) is 1. The number of aromatic amines is 1. The van der Waals surface area contributed by atoms with E-state index in [-0.39, 0.29) is 23.4 Å². The van der Waals surface area contributed by atoms with Crippen LogP contribution in [-0.4, -0.2) is 45.3 Å². The van der Waals surface area contributed by atoms with Gasteiger partial charge in [0.05, 0.1) is 17.1 Å². The van der Waals surface area contributed by atoms with Crippen LogP contribution in [0, 0.1) is 17.6 Å². The first-order valence-electron chi connectivity index (χ1n) is 14.6. The number of fused-ring (bicyclic) bond motifs is 1. The second-order valence-corrected chi connectivity index (χ2v) is 11.3. The Bertz CT molecular complexity index is 1470. The lowest BCUT2D eigenvalue weighted by Crippen LogP contribution is -2.38. The summed E-state index contributed by atoms with van der Waals surface area (Å²) in [6, 6.07) is 19.9. The topological polar surface area (TPSA) is 52.2 Å². The zero-order valence-electron chi connectivity index (χ0n) is 23.8. The molecule has 1 aliphatic heterocycles. The number of halogens is 2. The van der Waals surface area contributed by atoms with Crippen LogP contribution < -0.4 is 0 Å². The minimum Gasteiger partial charge on any atom is -0.340 e. The molecule has 0 bridgehead atoms. The highest BCUT2D eigenvalue weighted by atomic mass is 19.2. The molecule has 41 heavy (non-hydrogen) atoms. The summed E-state index contributed by atoms with van der Waals surface area (Å²) in [7, 11) is 0. The van der Waals surface area contributed by atoms with E-state index in [0.717, 1.165) is 36.7 Å². The fourth-order valence-corrected chi connectivity index (χ4v) is 5.63. The molecule has 1 unspecified atom stereocenters. The first kappa shape index (κ1) is 28.7. The molecule has 0 spiro atoms. The Morgan fingerprint density at radius 1 is 0.976 bits per heavy atom. The van der Waals surface area contributed by atoms with E-state index in [1.165, 1.54) is 54.7 Å². The smallest absolute Gasteiger partial charge is 0.247 e. The Labute approximate surface area is 240 Å². The van der Waals surface area contributed by atoms with Gasteiger partial charge in [0.25, 0.3) is 0 Å². The van der Waals surface area contributed by atoms with E-state index in [1.54, 1.807) is 0 Å². The van der Waals surface area contributed by atoms with E-state index >= 15 is 0 Å². The lowest BCUT2D eigenvalue weighted by atomic mass is 9.97. The number of para-hydroxylation sites is 2. The molecule has 2 heterocycles. The molecule has 0 radical (unpaired) electrons. The summed E-state index contributed by atoms with van der Waals surface area (Å²) in [6.45, 7) is 7.68. The second kappa shape index (κ2) is 13.2. The number of benzene rings is 3. The van der Waals surface area contributed by atoms with Crippen molar-refractivity contribution >= 4 is 23.0 Å². The zero-order valence-corrected chi connectivity index (χ0v) is 23.8. The first-order valence-corrected chi connectivity index (χ1v) is 14.6. The molecule has 214 valence electrons. The molecule has 1 aliphatic rings. The number of likely N-dealkylation sites (tertiary alicyclic amines) is 1. The molecule has 0 saturated carbocycles. The second-order valence-electron chi connectivity index (χ2n) is 11.3. The number of hydrogen-bond acceptors (Lipinski definition) is 3. The summed E-state index contributed by atoms with van der Waals surface area (Å²) in [5.74, 6) is -1.30. The van der Waals surface area contributed by atoms with Crippen LogP contribution in [0.4, 0.5) is 8.78 Å². The Kier molecular flexibility index (Phi) is 9.24. The third-order valence-corrected chi connectivity index (χ3v) is 7.71. The molecule has 1 saturated heterocycles. The van der Waals surface area contributed by atoms with Crippen LogP contribution in [0.25, 0.3) is 17.1 Å². The maximum Gasteiger partial charge on any atom is 0.247 e. The van der Waals surface area contributed by atoms with Crippen LogP contribution in [0.1, 0.15) is 61.7 Å². The van der Waals surface area contributed by atoms with Gasteiger partial charge in [-0.15, -0.1) is 0 Å². The number of rotatable bonds is 10. The van der Waals surface area contributed by atoms with Crippen molar-refractivity contribution < 1.29 is 13.6 Å². The molecule has 5 nitrogen and oxygen atoms in total. The minimum atomic E-state index is -0.965. The Morgan fingerprint density at radius 3 is 2.46 bits per heavy atom. The van der Waals surface area contributed by atoms with Gasteiger partial charge in [-0.1, -0.05) is 68.8 Å². The normalized spacial score (nSPS) is 15.1. The molecule has 7 heteroatoms. The molecule has 1 atom stereocenters. The number of piperidine rings is 1. The van der Waals surface area contributed by atoms with Crippen LogP contribution in [0.15, 0.2) is 72.8 Å². The van der Waals surface area contributed by atoms with Crippen LogP contribution in [0.3, 0.4) is 0 Å². The average Bonchev–Trinajstić information content (AvgIpc) is 3.41. The SMILES string of the molecule is CC(C)CN(C(=O)C=Cc1cccc(F)c1F)C(Cc1ccccc1CN1CCCCC1)c1nc2ccccc2[nH]1. The van der Waals surface area contributed by atoms with Crippen LogP contribution in [0.2, 0.25) is 0 Å². The fraction of sp³-hybridized carbons (Fsp3) is 0.353. The van der Waals surface area contributed by atoms with Crippen LogP contribution >= 0.6 is 0 Å². The summed E-state index contributed by atoms with van der Waals surface area (Å²) < 4.78 is 28.2. The van der Waals surface area contributed by atoms with Gasteiger partial charge in [-0.05, 0) is 67.3 Å². The van der Waals surface area contributed by atoms with Gasteiger partial charge >= 0.3 is 0 Å². The monoisotopic (exact) mass is 556 g/mol. The molecule has 3 aromatic carbocycles. The number of carbonyl (C=O) groups excluding carboxylic acids is 1. The highest BCUT2D eigenvalue weighted by Crippen LogP contribution is 2.29. The van der Waals surface area contributed by atoms with Gasteiger partial charge in [0.2, 0.25) is 5.91 Å². The number of hydrogen-bond donors (Lipinski definition) is 1. The van der Waals surface area contributed by atoms with Gasteiger partial charge in [-0.25, -0.2) is 13.8 Å². The standard InChI is InChI=1S/C34H38F2N4O/c1-24(2)22-40(32(41)18-17-25-13-10-14-28(35)33(25)36)31(34-37-29-15-6-7-16-30(29)38-34)21-26-11-4-5-12-27(26)23-39-19-8-3-9-20-39/h4-7,10-18,24,31H,3,8-9,19-23H2,1-2H3,(H,37,38). The lowest BCUT2D eigenvalue weighted by molar-refractivity contribution is -0.129. The molecular weight excluding hydrogens is 518 g/mol. The van der Waals surface area contributed by atoms with E-state index in [0.29, 0.717) is 18.8 Å². The van der Waals surface area contributed by atoms with Gasteiger partial charge in [-0.3, -0.25) is 9.69 Å². The molecule has 5 rings (SSSR count). The number of nitrogens with zero attached hydrogens (tertiary/aromatic N) is 3. The van der Waals surface area contributed by atoms with Crippen molar-refractivity contribution in [3.05, 3.63) is 107 Å². The van der Waals surface area contributed by atoms with Crippen LogP contribution in [0.5, 0.6) is 0 Å². The maximum absolute atomic E-state index is 14.4. The highest BCUT2D eigenvalue weighted by Gasteiger charge is 2.29. The van der Waals surface area contributed by atoms with Gasteiger partial charge in [0.15, 0.2) is 11.6 Å². The predicted molar refractivity (Wildman–Crippen MR) is 160 cm³/mol. The van der Waals surface area contributed by atoms with Crippen molar-refractivity contribution in [2.75, 3.05) is 19.6 Å². The van der Waals surface area contributed by atoms with Crippen molar-refractivity contribution in [3.63, 3.8) is 0 Å².